The second-order valence-corrected chi connectivity index (χ2v) is 7.78. The Morgan fingerprint density at radius 2 is 2.04 bits per heavy atom. The van der Waals surface area contributed by atoms with Crippen LogP contribution in [-0.4, -0.2) is 30.9 Å². The quantitative estimate of drug-likeness (QED) is 0.676. The SMILES string of the molecule is CCCC(CC)CC1CC(Nc2ccc(C(=O)N(C)C)c(Cl)c2)C1. The van der Waals surface area contributed by atoms with Crippen molar-refractivity contribution in [3.8, 4) is 0 Å². The highest BCUT2D eigenvalue weighted by Gasteiger charge is 2.30. The van der Waals surface area contributed by atoms with E-state index in [1.165, 1.54) is 38.5 Å². The zero-order valence-electron chi connectivity index (χ0n) is 15.4. The third kappa shape index (κ3) is 4.89. The van der Waals surface area contributed by atoms with Gasteiger partial charge in [-0.1, -0.05) is 44.7 Å². The van der Waals surface area contributed by atoms with E-state index in [2.05, 4.69) is 19.2 Å². The number of hydrogen-bond donors (Lipinski definition) is 1. The van der Waals surface area contributed by atoms with Crippen molar-refractivity contribution in [1.82, 2.24) is 4.90 Å². The van der Waals surface area contributed by atoms with Crippen LogP contribution in [0.2, 0.25) is 5.02 Å². The van der Waals surface area contributed by atoms with Gasteiger partial charge in [-0.3, -0.25) is 4.79 Å². The Kier molecular flexibility index (Phi) is 6.97. The summed E-state index contributed by atoms with van der Waals surface area (Å²) in [6, 6.07) is 6.19. The highest BCUT2D eigenvalue weighted by Crippen LogP contribution is 2.37. The fraction of sp³-hybridized carbons (Fsp3) is 0.650. The summed E-state index contributed by atoms with van der Waals surface area (Å²) in [4.78, 5) is 13.6. The Balaban J connectivity index is 1.84. The summed E-state index contributed by atoms with van der Waals surface area (Å²) in [5.74, 6) is 1.70. The van der Waals surface area contributed by atoms with Crippen LogP contribution in [0.5, 0.6) is 0 Å². The van der Waals surface area contributed by atoms with Gasteiger partial charge in [-0.25, -0.2) is 0 Å². The van der Waals surface area contributed by atoms with Crippen LogP contribution in [0.1, 0.15) is 62.7 Å². The maximum absolute atomic E-state index is 12.0. The minimum absolute atomic E-state index is 0.0585. The predicted molar refractivity (Wildman–Crippen MR) is 103 cm³/mol. The lowest BCUT2D eigenvalue weighted by Crippen LogP contribution is -2.36. The second-order valence-electron chi connectivity index (χ2n) is 7.37. The molecule has 1 fully saturated rings. The fourth-order valence-corrected chi connectivity index (χ4v) is 3.93. The molecule has 0 bridgehead atoms. The second kappa shape index (κ2) is 8.75. The van der Waals surface area contributed by atoms with Crippen LogP contribution in [0.4, 0.5) is 5.69 Å². The zero-order chi connectivity index (χ0) is 17.7. The van der Waals surface area contributed by atoms with E-state index in [9.17, 15) is 4.79 Å². The normalized spacial score (nSPS) is 21.0. The minimum atomic E-state index is -0.0585. The van der Waals surface area contributed by atoms with Gasteiger partial charge in [0, 0.05) is 25.8 Å². The molecule has 2 rings (SSSR count). The van der Waals surface area contributed by atoms with Gasteiger partial charge in [0.1, 0.15) is 0 Å². The average molecular weight is 351 g/mol. The van der Waals surface area contributed by atoms with Gasteiger partial charge < -0.3 is 10.2 Å². The van der Waals surface area contributed by atoms with E-state index >= 15 is 0 Å². The smallest absolute Gasteiger partial charge is 0.254 e. The minimum Gasteiger partial charge on any atom is -0.382 e. The summed E-state index contributed by atoms with van der Waals surface area (Å²) in [6.07, 6.45) is 7.83. The topological polar surface area (TPSA) is 32.3 Å². The number of benzene rings is 1. The van der Waals surface area contributed by atoms with E-state index in [0.717, 1.165) is 17.5 Å². The van der Waals surface area contributed by atoms with Crippen LogP contribution < -0.4 is 5.32 Å². The van der Waals surface area contributed by atoms with Crippen molar-refractivity contribution in [2.45, 2.75) is 58.4 Å². The van der Waals surface area contributed by atoms with E-state index in [1.807, 2.05) is 18.2 Å². The van der Waals surface area contributed by atoms with Crippen LogP contribution in [-0.2, 0) is 0 Å². The zero-order valence-corrected chi connectivity index (χ0v) is 16.2. The largest absolute Gasteiger partial charge is 0.382 e. The first-order chi connectivity index (χ1) is 11.4. The summed E-state index contributed by atoms with van der Waals surface area (Å²) in [5.41, 5.74) is 1.57. The molecule has 134 valence electrons. The molecule has 4 heteroatoms. The number of hydrogen-bond acceptors (Lipinski definition) is 2. The molecule has 1 aliphatic carbocycles. The lowest BCUT2D eigenvalue weighted by Gasteiger charge is -2.38. The Bertz CT molecular complexity index is 553. The number of nitrogens with zero attached hydrogens (tertiary/aromatic N) is 1. The van der Waals surface area contributed by atoms with Gasteiger partial charge in [0.15, 0.2) is 0 Å². The highest BCUT2D eigenvalue weighted by atomic mass is 35.5. The lowest BCUT2D eigenvalue weighted by molar-refractivity contribution is 0.0828. The van der Waals surface area contributed by atoms with Crippen LogP contribution in [0.15, 0.2) is 18.2 Å². The van der Waals surface area contributed by atoms with Crippen LogP contribution in [0.25, 0.3) is 0 Å². The maximum atomic E-state index is 12.0. The summed E-state index contributed by atoms with van der Waals surface area (Å²) in [5, 5.41) is 4.08. The third-order valence-electron chi connectivity index (χ3n) is 5.15. The molecule has 0 saturated heterocycles. The number of nitrogens with one attached hydrogen (secondary N) is 1. The van der Waals surface area contributed by atoms with Gasteiger partial charge in [0.05, 0.1) is 10.6 Å². The number of amides is 1. The predicted octanol–water partition coefficient (Wildman–Crippen LogP) is 5.45. The van der Waals surface area contributed by atoms with Gasteiger partial charge in [-0.05, 0) is 49.3 Å². The Hall–Kier alpha value is -1.22. The summed E-state index contributed by atoms with van der Waals surface area (Å²) in [6.45, 7) is 4.59. The molecule has 3 nitrogen and oxygen atoms in total. The standard InChI is InChI=1S/C20H31ClN2O/c1-5-7-14(6-2)10-15-11-17(12-15)22-16-8-9-18(19(21)13-16)20(24)23(3)4/h8-9,13-15,17,22H,5-7,10-12H2,1-4H3. The van der Waals surface area contributed by atoms with Crippen molar-refractivity contribution in [3.63, 3.8) is 0 Å². The van der Waals surface area contributed by atoms with E-state index in [0.29, 0.717) is 16.6 Å². The molecule has 1 aromatic rings. The third-order valence-corrected chi connectivity index (χ3v) is 5.47. The molecule has 0 heterocycles. The van der Waals surface area contributed by atoms with Crippen LogP contribution in [0, 0.1) is 11.8 Å². The van der Waals surface area contributed by atoms with Crippen molar-refractivity contribution in [1.29, 1.82) is 0 Å². The molecule has 1 N–H and O–H groups in total. The van der Waals surface area contributed by atoms with Gasteiger partial charge in [0.2, 0.25) is 0 Å². The first-order valence-corrected chi connectivity index (χ1v) is 9.60. The van der Waals surface area contributed by atoms with Crippen molar-refractivity contribution in [2.24, 2.45) is 11.8 Å². The Morgan fingerprint density at radius 3 is 2.58 bits per heavy atom. The van der Waals surface area contributed by atoms with Crippen molar-refractivity contribution in [2.75, 3.05) is 19.4 Å². The number of rotatable bonds is 8. The Morgan fingerprint density at radius 1 is 1.33 bits per heavy atom. The molecule has 1 amide bonds. The average Bonchev–Trinajstić information content (AvgIpc) is 2.51. The van der Waals surface area contributed by atoms with Crippen LogP contribution >= 0.6 is 11.6 Å². The van der Waals surface area contributed by atoms with Crippen LogP contribution in [0.3, 0.4) is 0 Å². The number of carbonyl (C=O) groups is 1. The number of carbonyl (C=O) groups excluding carboxylic acids is 1. The van der Waals surface area contributed by atoms with Crippen molar-refractivity contribution < 1.29 is 4.79 Å². The molecule has 0 spiro atoms. The lowest BCUT2D eigenvalue weighted by atomic mass is 9.74. The maximum Gasteiger partial charge on any atom is 0.254 e. The number of anilines is 1. The van der Waals surface area contributed by atoms with Gasteiger partial charge in [-0.2, -0.15) is 0 Å². The molecule has 0 aromatic heterocycles. The summed E-state index contributed by atoms with van der Waals surface area (Å²) < 4.78 is 0. The monoisotopic (exact) mass is 350 g/mol. The van der Waals surface area contributed by atoms with Crippen molar-refractivity contribution in [3.05, 3.63) is 28.8 Å². The highest BCUT2D eigenvalue weighted by molar-refractivity contribution is 6.34. The molecule has 1 aromatic carbocycles. The Labute approximate surface area is 151 Å². The molecule has 0 aliphatic heterocycles. The fourth-order valence-electron chi connectivity index (χ4n) is 3.67. The molecule has 1 aliphatic rings. The first kappa shape index (κ1) is 19.1. The van der Waals surface area contributed by atoms with Crippen molar-refractivity contribution >= 4 is 23.2 Å². The van der Waals surface area contributed by atoms with Gasteiger partial charge in [-0.15, -0.1) is 0 Å². The van der Waals surface area contributed by atoms with E-state index < -0.39 is 0 Å². The summed E-state index contributed by atoms with van der Waals surface area (Å²) >= 11 is 6.28. The molecule has 1 unspecified atom stereocenters. The molecule has 1 saturated carbocycles. The van der Waals surface area contributed by atoms with E-state index in [1.54, 1.807) is 19.0 Å². The van der Waals surface area contributed by atoms with Gasteiger partial charge >= 0.3 is 0 Å². The van der Waals surface area contributed by atoms with E-state index in [4.69, 9.17) is 11.6 Å². The molecular weight excluding hydrogens is 320 g/mol. The van der Waals surface area contributed by atoms with Gasteiger partial charge in [0.25, 0.3) is 5.91 Å². The summed E-state index contributed by atoms with van der Waals surface area (Å²) in [7, 11) is 3.48. The molecule has 24 heavy (non-hydrogen) atoms. The number of halogens is 1. The first-order valence-electron chi connectivity index (χ1n) is 9.22. The molecule has 1 atom stereocenters. The van der Waals surface area contributed by atoms with E-state index in [-0.39, 0.29) is 5.91 Å². The molecular formula is C20H31ClN2O. The molecule has 0 radical (unpaired) electrons.